The minimum absolute atomic E-state index is 0.0934. The van der Waals surface area contributed by atoms with Gasteiger partial charge in [0, 0.05) is 0 Å². The molecule has 0 N–H and O–H groups in total. The van der Waals surface area contributed by atoms with Gasteiger partial charge in [0.15, 0.2) is 6.07 Å². The van der Waals surface area contributed by atoms with E-state index < -0.39 is 53.8 Å². The second-order valence-electron chi connectivity index (χ2n) is 6.43. The average molecular weight is 344 g/mol. The van der Waals surface area contributed by atoms with Crippen LogP contribution in [0.4, 0.5) is 18.0 Å². The highest BCUT2D eigenvalue weighted by Crippen LogP contribution is 2.60. The third kappa shape index (κ3) is 3.26. The molecule has 9 heteroatoms. The van der Waals surface area contributed by atoms with E-state index in [-0.39, 0.29) is 6.42 Å². The van der Waals surface area contributed by atoms with Gasteiger partial charge in [-0.3, -0.25) is 4.90 Å². The molecular formula is C13H17ClF3NO4. The number of halogens is 4. The van der Waals surface area contributed by atoms with Gasteiger partial charge in [-0.2, -0.15) is 13.2 Å². The first-order valence-corrected chi connectivity index (χ1v) is 7.31. The molecule has 126 valence electrons. The SMILES string of the molecule is CC(C)(C)OC(=O)N1[C@@H]2[C@H](C[C@H]1C(=O)OCCl)[C@H]2C(F)(F)F. The molecule has 1 aliphatic heterocycles. The number of fused-ring (bicyclic) bond motifs is 1. The van der Waals surface area contributed by atoms with Crippen molar-refractivity contribution in [3.8, 4) is 0 Å². The Bertz CT molecular complexity index is 477. The summed E-state index contributed by atoms with van der Waals surface area (Å²) in [7, 11) is 0. The van der Waals surface area contributed by atoms with E-state index in [0.29, 0.717) is 0 Å². The van der Waals surface area contributed by atoms with Crippen LogP contribution in [0, 0.1) is 11.8 Å². The second kappa shape index (κ2) is 5.47. The number of hydrogen-bond acceptors (Lipinski definition) is 4. The van der Waals surface area contributed by atoms with Crippen molar-refractivity contribution in [3.63, 3.8) is 0 Å². The van der Waals surface area contributed by atoms with E-state index in [9.17, 15) is 22.8 Å². The summed E-state index contributed by atoms with van der Waals surface area (Å²) in [6, 6.07) is -2.57. The van der Waals surface area contributed by atoms with Crippen LogP contribution in [0.1, 0.15) is 27.2 Å². The van der Waals surface area contributed by atoms with Gasteiger partial charge < -0.3 is 9.47 Å². The fourth-order valence-electron chi connectivity index (χ4n) is 2.96. The van der Waals surface area contributed by atoms with Gasteiger partial charge in [-0.15, -0.1) is 0 Å². The predicted octanol–water partition coefficient (Wildman–Crippen LogP) is 2.91. The van der Waals surface area contributed by atoms with E-state index in [1.54, 1.807) is 20.8 Å². The first-order chi connectivity index (χ1) is 9.97. The average Bonchev–Trinajstić information content (AvgIpc) is 2.89. The standard InChI is InChI=1S/C13H17ClF3NO4/c1-12(2,3)22-11(20)18-7(10(19)21-5-14)4-6-8(9(6)18)13(15,16)17/h6-9H,4-5H2,1-3H3/t6-,7+,8-,9-/m1/s1. The number of rotatable bonds is 2. The Kier molecular flexibility index (Phi) is 4.27. The summed E-state index contributed by atoms with van der Waals surface area (Å²) in [4.78, 5) is 24.9. The lowest BCUT2D eigenvalue weighted by Gasteiger charge is -2.30. The van der Waals surface area contributed by atoms with Crippen LogP contribution in [0.15, 0.2) is 0 Å². The van der Waals surface area contributed by atoms with Gasteiger partial charge >= 0.3 is 18.2 Å². The molecule has 0 radical (unpaired) electrons. The molecule has 0 aromatic heterocycles. The highest BCUT2D eigenvalue weighted by atomic mass is 35.5. The molecule has 0 aromatic carbocycles. The van der Waals surface area contributed by atoms with E-state index in [1.165, 1.54) is 0 Å². The summed E-state index contributed by atoms with van der Waals surface area (Å²) < 4.78 is 48.4. The molecule has 1 heterocycles. The number of likely N-dealkylation sites (tertiary alicyclic amines) is 1. The number of ether oxygens (including phenoxy) is 2. The van der Waals surface area contributed by atoms with Crippen LogP contribution in [0.25, 0.3) is 0 Å². The van der Waals surface area contributed by atoms with Crippen molar-refractivity contribution >= 4 is 23.7 Å². The molecule has 2 aliphatic rings. The molecule has 0 spiro atoms. The number of hydrogen-bond donors (Lipinski definition) is 0. The number of amides is 1. The molecular weight excluding hydrogens is 327 g/mol. The Morgan fingerprint density at radius 3 is 2.32 bits per heavy atom. The first kappa shape index (κ1) is 17.2. The zero-order valence-corrected chi connectivity index (χ0v) is 13.1. The molecule has 1 amide bonds. The zero-order chi connectivity index (χ0) is 16.9. The molecule has 22 heavy (non-hydrogen) atoms. The predicted molar refractivity (Wildman–Crippen MR) is 70.1 cm³/mol. The summed E-state index contributed by atoms with van der Waals surface area (Å²) in [6.45, 7) is 4.79. The third-order valence-corrected chi connectivity index (χ3v) is 3.84. The first-order valence-electron chi connectivity index (χ1n) is 6.78. The molecule has 4 atom stereocenters. The van der Waals surface area contributed by atoms with Crippen molar-refractivity contribution in [2.24, 2.45) is 11.8 Å². The molecule has 1 saturated heterocycles. The fourth-order valence-corrected chi connectivity index (χ4v) is 3.07. The number of carbonyl (C=O) groups excluding carboxylic acids is 2. The normalized spacial score (nSPS) is 30.8. The monoisotopic (exact) mass is 343 g/mol. The number of carbonyl (C=O) groups is 2. The largest absolute Gasteiger partial charge is 0.448 e. The Hall–Kier alpha value is -1.18. The van der Waals surface area contributed by atoms with Crippen LogP contribution < -0.4 is 0 Å². The molecule has 0 bridgehead atoms. The van der Waals surface area contributed by atoms with Crippen molar-refractivity contribution in [2.75, 3.05) is 6.07 Å². The lowest BCUT2D eigenvalue weighted by Crippen LogP contribution is -2.48. The lowest BCUT2D eigenvalue weighted by atomic mass is 10.1. The molecule has 2 rings (SSSR count). The molecule has 5 nitrogen and oxygen atoms in total. The van der Waals surface area contributed by atoms with Gasteiger partial charge in [0.05, 0.1) is 12.0 Å². The smallest absolute Gasteiger partial charge is 0.411 e. The minimum atomic E-state index is -4.41. The molecule has 2 fully saturated rings. The van der Waals surface area contributed by atoms with Crippen LogP contribution in [-0.4, -0.2) is 46.9 Å². The van der Waals surface area contributed by atoms with Crippen molar-refractivity contribution in [1.82, 2.24) is 4.90 Å². The Labute approximate surface area is 130 Å². The molecule has 1 aliphatic carbocycles. The summed E-state index contributed by atoms with van der Waals surface area (Å²) >= 11 is 5.30. The second-order valence-corrected chi connectivity index (χ2v) is 6.65. The summed E-state index contributed by atoms with van der Waals surface area (Å²) in [5.74, 6) is -3.21. The molecule has 1 saturated carbocycles. The fraction of sp³-hybridized carbons (Fsp3) is 0.846. The van der Waals surface area contributed by atoms with E-state index in [1.807, 2.05) is 0 Å². The maximum atomic E-state index is 12.9. The van der Waals surface area contributed by atoms with Crippen molar-refractivity contribution in [1.29, 1.82) is 0 Å². The van der Waals surface area contributed by atoms with E-state index >= 15 is 0 Å². The topological polar surface area (TPSA) is 55.8 Å². The van der Waals surface area contributed by atoms with Crippen molar-refractivity contribution in [3.05, 3.63) is 0 Å². The highest BCUT2D eigenvalue weighted by Gasteiger charge is 2.73. The summed E-state index contributed by atoms with van der Waals surface area (Å²) in [5.41, 5.74) is -0.876. The third-order valence-electron chi connectivity index (χ3n) is 3.73. The van der Waals surface area contributed by atoms with Crippen LogP contribution in [0.5, 0.6) is 0 Å². The van der Waals surface area contributed by atoms with E-state index in [0.717, 1.165) is 4.90 Å². The van der Waals surface area contributed by atoms with Crippen LogP contribution in [0.2, 0.25) is 0 Å². The van der Waals surface area contributed by atoms with Crippen LogP contribution in [0.3, 0.4) is 0 Å². The van der Waals surface area contributed by atoms with Gasteiger partial charge in [-0.1, -0.05) is 11.6 Å². The number of nitrogens with zero attached hydrogens (tertiary/aromatic N) is 1. The quantitative estimate of drug-likeness (QED) is 0.571. The van der Waals surface area contributed by atoms with Crippen LogP contribution in [-0.2, 0) is 14.3 Å². The zero-order valence-electron chi connectivity index (χ0n) is 12.3. The van der Waals surface area contributed by atoms with Gasteiger partial charge in [0.1, 0.15) is 11.6 Å². The Balaban J connectivity index is 2.18. The Morgan fingerprint density at radius 2 is 1.86 bits per heavy atom. The summed E-state index contributed by atoms with van der Waals surface area (Å²) in [6.07, 6.45) is -5.44. The van der Waals surface area contributed by atoms with E-state index in [4.69, 9.17) is 16.3 Å². The van der Waals surface area contributed by atoms with Crippen molar-refractivity contribution in [2.45, 2.75) is 51.1 Å². The van der Waals surface area contributed by atoms with Gasteiger partial charge in [-0.25, -0.2) is 9.59 Å². The van der Waals surface area contributed by atoms with Gasteiger partial charge in [0.2, 0.25) is 0 Å². The molecule has 0 aromatic rings. The number of piperidine rings is 1. The van der Waals surface area contributed by atoms with Crippen LogP contribution >= 0.6 is 11.6 Å². The van der Waals surface area contributed by atoms with Crippen molar-refractivity contribution < 1.29 is 32.2 Å². The molecule has 0 unspecified atom stereocenters. The van der Waals surface area contributed by atoms with Gasteiger partial charge in [0.25, 0.3) is 0 Å². The maximum absolute atomic E-state index is 12.9. The Morgan fingerprint density at radius 1 is 1.27 bits per heavy atom. The summed E-state index contributed by atoms with van der Waals surface area (Å²) in [5, 5.41) is 0. The van der Waals surface area contributed by atoms with E-state index in [2.05, 4.69) is 4.74 Å². The lowest BCUT2D eigenvalue weighted by molar-refractivity contribution is -0.163. The highest BCUT2D eigenvalue weighted by molar-refractivity contribution is 6.17. The maximum Gasteiger partial charge on any atom is 0.411 e. The van der Waals surface area contributed by atoms with Gasteiger partial charge in [-0.05, 0) is 33.1 Å². The number of esters is 1. The minimum Gasteiger partial charge on any atom is -0.448 e. The number of alkyl halides is 4.